The van der Waals surface area contributed by atoms with E-state index in [1.807, 2.05) is 0 Å². The Hall–Kier alpha value is -0.220. The Labute approximate surface area is 65.8 Å². The first-order valence-corrected chi connectivity index (χ1v) is 3.59. The van der Waals surface area contributed by atoms with Crippen LogP contribution in [0.4, 0.5) is 8.78 Å². The second-order valence-electron chi connectivity index (χ2n) is 3.49. The standard InChI is InChI=1S/C7H14F2N2/c1-10(2)5-6(11(3)4)7(5,8)9/h5-6H,1-4H3/t5-,6+. The number of likely N-dealkylation sites (N-methyl/N-ethyl adjacent to an activating group) is 2. The molecule has 0 aromatic carbocycles. The highest BCUT2D eigenvalue weighted by atomic mass is 19.3. The molecule has 0 aromatic heterocycles. The van der Waals surface area contributed by atoms with Gasteiger partial charge in [-0.1, -0.05) is 0 Å². The minimum atomic E-state index is -2.52. The average molecular weight is 164 g/mol. The van der Waals surface area contributed by atoms with Crippen LogP contribution >= 0.6 is 0 Å². The van der Waals surface area contributed by atoms with Crippen LogP contribution in [-0.4, -0.2) is 56.0 Å². The maximum atomic E-state index is 12.9. The topological polar surface area (TPSA) is 6.48 Å². The summed E-state index contributed by atoms with van der Waals surface area (Å²) in [5, 5.41) is 0. The molecule has 1 fully saturated rings. The summed E-state index contributed by atoms with van der Waals surface area (Å²) >= 11 is 0. The quantitative estimate of drug-likeness (QED) is 0.586. The summed E-state index contributed by atoms with van der Waals surface area (Å²) in [4.78, 5) is 3.15. The summed E-state index contributed by atoms with van der Waals surface area (Å²) in [6.07, 6.45) is 0. The molecule has 2 nitrogen and oxygen atoms in total. The highest BCUT2D eigenvalue weighted by Crippen LogP contribution is 2.47. The Morgan fingerprint density at radius 1 is 0.909 bits per heavy atom. The minimum absolute atomic E-state index is 0.600. The zero-order chi connectivity index (χ0) is 8.81. The molecule has 0 saturated heterocycles. The number of hydrogen-bond donors (Lipinski definition) is 0. The third kappa shape index (κ3) is 1.25. The van der Waals surface area contributed by atoms with Gasteiger partial charge >= 0.3 is 0 Å². The van der Waals surface area contributed by atoms with E-state index in [4.69, 9.17) is 0 Å². The lowest BCUT2D eigenvalue weighted by Gasteiger charge is -2.10. The first-order chi connectivity index (χ1) is 4.89. The van der Waals surface area contributed by atoms with Gasteiger partial charge in [-0.2, -0.15) is 0 Å². The molecule has 4 heteroatoms. The van der Waals surface area contributed by atoms with Crippen molar-refractivity contribution in [1.82, 2.24) is 9.80 Å². The van der Waals surface area contributed by atoms with Gasteiger partial charge in [0, 0.05) is 0 Å². The van der Waals surface area contributed by atoms with E-state index >= 15 is 0 Å². The van der Waals surface area contributed by atoms with E-state index in [1.54, 1.807) is 38.0 Å². The fraction of sp³-hybridized carbons (Fsp3) is 1.00. The Kier molecular flexibility index (Phi) is 1.92. The predicted octanol–water partition coefficient (Wildman–Crippen LogP) is 0.496. The fourth-order valence-electron chi connectivity index (χ4n) is 1.55. The minimum Gasteiger partial charge on any atom is -0.299 e. The molecule has 0 N–H and O–H groups in total. The van der Waals surface area contributed by atoms with Crippen LogP contribution < -0.4 is 0 Å². The van der Waals surface area contributed by atoms with Crippen molar-refractivity contribution in [3.8, 4) is 0 Å². The summed E-state index contributed by atoms with van der Waals surface area (Å²) < 4.78 is 25.8. The van der Waals surface area contributed by atoms with Gasteiger partial charge in [0.2, 0.25) is 0 Å². The summed E-state index contributed by atoms with van der Waals surface area (Å²) in [5.41, 5.74) is 0. The molecule has 1 rings (SSSR count). The molecule has 1 aliphatic carbocycles. The van der Waals surface area contributed by atoms with Crippen LogP contribution in [-0.2, 0) is 0 Å². The van der Waals surface area contributed by atoms with Gasteiger partial charge in [0.05, 0.1) is 12.1 Å². The molecule has 0 radical (unpaired) electrons. The van der Waals surface area contributed by atoms with Crippen molar-refractivity contribution in [2.24, 2.45) is 0 Å². The Bertz CT molecular complexity index is 141. The number of hydrogen-bond acceptors (Lipinski definition) is 2. The molecule has 0 amide bonds. The van der Waals surface area contributed by atoms with Gasteiger partial charge in [0.25, 0.3) is 5.92 Å². The van der Waals surface area contributed by atoms with Crippen molar-refractivity contribution in [2.45, 2.75) is 18.0 Å². The maximum absolute atomic E-state index is 12.9. The van der Waals surface area contributed by atoms with E-state index in [2.05, 4.69) is 0 Å². The first kappa shape index (κ1) is 8.87. The number of alkyl halides is 2. The van der Waals surface area contributed by atoms with Crippen molar-refractivity contribution in [3.05, 3.63) is 0 Å². The van der Waals surface area contributed by atoms with Crippen molar-refractivity contribution < 1.29 is 8.78 Å². The molecule has 0 aliphatic heterocycles. The lowest BCUT2D eigenvalue weighted by Crippen LogP contribution is -2.25. The van der Waals surface area contributed by atoms with Gasteiger partial charge in [-0.15, -0.1) is 0 Å². The SMILES string of the molecule is CN(C)[C@H]1[C@@H](N(C)C)C1(F)F. The summed E-state index contributed by atoms with van der Waals surface area (Å²) in [6.45, 7) is 0. The summed E-state index contributed by atoms with van der Waals surface area (Å²) in [6, 6.07) is -1.20. The van der Waals surface area contributed by atoms with E-state index in [0.717, 1.165) is 0 Å². The Morgan fingerprint density at radius 2 is 1.18 bits per heavy atom. The van der Waals surface area contributed by atoms with Gasteiger partial charge in [0.15, 0.2) is 0 Å². The highest BCUT2D eigenvalue weighted by molar-refractivity contribution is 5.17. The lowest BCUT2D eigenvalue weighted by atomic mass is 10.5. The highest BCUT2D eigenvalue weighted by Gasteiger charge is 2.70. The van der Waals surface area contributed by atoms with Gasteiger partial charge in [-0.25, -0.2) is 8.78 Å². The maximum Gasteiger partial charge on any atom is 0.281 e. The first-order valence-electron chi connectivity index (χ1n) is 3.59. The molecule has 0 unspecified atom stereocenters. The van der Waals surface area contributed by atoms with Crippen LogP contribution in [0.25, 0.3) is 0 Å². The zero-order valence-electron chi connectivity index (χ0n) is 7.31. The number of nitrogens with zero attached hydrogens (tertiary/aromatic N) is 2. The van der Waals surface area contributed by atoms with Gasteiger partial charge < -0.3 is 0 Å². The van der Waals surface area contributed by atoms with Crippen molar-refractivity contribution >= 4 is 0 Å². The van der Waals surface area contributed by atoms with E-state index in [0.29, 0.717) is 0 Å². The molecule has 11 heavy (non-hydrogen) atoms. The lowest BCUT2D eigenvalue weighted by molar-refractivity contribution is 0.0682. The van der Waals surface area contributed by atoms with Crippen LogP contribution in [0.15, 0.2) is 0 Å². The number of halogens is 2. The number of rotatable bonds is 2. The zero-order valence-corrected chi connectivity index (χ0v) is 7.31. The third-order valence-corrected chi connectivity index (χ3v) is 2.09. The van der Waals surface area contributed by atoms with Crippen LogP contribution in [0.3, 0.4) is 0 Å². The average Bonchev–Trinajstić information content (AvgIpc) is 2.33. The largest absolute Gasteiger partial charge is 0.299 e. The second-order valence-corrected chi connectivity index (χ2v) is 3.49. The molecule has 0 heterocycles. The van der Waals surface area contributed by atoms with Crippen LogP contribution in [0, 0.1) is 0 Å². The van der Waals surface area contributed by atoms with Crippen molar-refractivity contribution in [1.29, 1.82) is 0 Å². The predicted molar refractivity (Wildman–Crippen MR) is 39.9 cm³/mol. The summed E-state index contributed by atoms with van der Waals surface area (Å²) in [7, 11) is 6.73. The second kappa shape index (κ2) is 2.38. The van der Waals surface area contributed by atoms with Gasteiger partial charge in [0.1, 0.15) is 0 Å². The normalized spacial score (nSPS) is 34.9. The van der Waals surface area contributed by atoms with E-state index in [9.17, 15) is 8.78 Å². The van der Waals surface area contributed by atoms with E-state index < -0.39 is 18.0 Å². The molecule has 0 bridgehead atoms. The van der Waals surface area contributed by atoms with E-state index in [-0.39, 0.29) is 0 Å². The molecule has 2 atom stereocenters. The van der Waals surface area contributed by atoms with Crippen LogP contribution in [0.2, 0.25) is 0 Å². The molecule has 1 aliphatic rings. The van der Waals surface area contributed by atoms with Gasteiger partial charge in [-0.05, 0) is 28.2 Å². The molecule has 1 saturated carbocycles. The monoisotopic (exact) mass is 164 g/mol. The fourth-order valence-corrected chi connectivity index (χ4v) is 1.55. The van der Waals surface area contributed by atoms with Crippen LogP contribution in [0.1, 0.15) is 0 Å². The molecular weight excluding hydrogens is 150 g/mol. The van der Waals surface area contributed by atoms with Crippen molar-refractivity contribution in [3.63, 3.8) is 0 Å². The molecule has 0 spiro atoms. The van der Waals surface area contributed by atoms with Gasteiger partial charge in [-0.3, -0.25) is 9.80 Å². The van der Waals surface area contributed by atoms with E-state index in [1.165, 1.54) is 0 Å². The summed E-state index contributed by atoms with van der Waals surface area (Å²) in [5.74, 6) is -2.52. The molecule has 66 valence electrons. The molecular formula is C7H14F2N2. The Morgan fingerprint density at radius 3 is 1.27 bits per heavy atom. The van der Waals surface area contributed by atoms with Crippen molar-refractivity contribution in [2.75, 3.05) is 28.2 Å². The van der Waals surface area contributed by atoms with Crippen LogP contribution in [0.5, 0.6) is 0 Å². The third-order valence-electron chi connectivity index (χ3n) is 2.09. The Balaban J connectivity index is 2.61. The smallest absolute Gasteiger partial charge is 0.281 e. The molecule has 0 aromatic rings.